The van der Waals surface area contributed by atoms with E-state index in [2.05, 4.69) is 0 Å². The molecule has 0 radical (unpaired) electrons. The molecule has 1 aliphatic heterocycles. The average molecular weight is 333 g/mol. The monoisotopic (exact) mass is 333 g/mol. The second-order valence-electron chi connectivity index (χ2n) is 6.49. The fourth-order valence-electron chi connectivity index (χ4n) is 3.45. The molecule has 2 aliphatic rings. The highest BCUT2D eigenvalue weighted by molar-refractivity contribution is 5.86. The summed E-state index contributed by atoms with van der Waals surface area (Å²) >= 11 is 0. The summed E-state index contributed by atoms with van der Waals surface area (Å²) in [6.45, 7) is 0.593. The standard InChI is InChI=1S/C18H23NO5/c1-23-15-8-4-5-12(17(15)24-14-6-2-3-7-14)10-19-11-13(18(21)22)9-16(19)20/h4-5,8,13-14H,2-3,6-7,9-11H2,1H3,(H,21,22). The maximum Gasteiger partial charge on any atom is 0.308 e. The van der Waals surface area contributed by atoms with Crippen LogP contribution in [0.5, 0.6) is 11.5 Å². The molecule has 2 fully saturated rings. The Morgan fingerprint density at radius 3 is 2.71 bits per heavy atom. The number of carbonyl (C=O) groups is 2. The molecule has 6 heteroatoms. The maximum atomic E-state index is 12.1. The van der Waals surface area contributed by atoms with Crippen LogP contribution < -0.4 is 9.47 Å². The first kappa shape index (κ1) is 16.6. The average Bonchev–Trinajstić information content (AvgIpc) is 3.19. The number of hydrogen-bond acceptors (Lipinski definition) is 4. The number of benzene rings is 1. The van der Waals surface area contributed by atoms with Gasteiger partial charge in [0, 0.05) is 25.1 Å². The van der Waals surface area contributed by atoms with Gasteiger partial charge in [-0.1, -0.05) is 12.1 Å². The molecule has 1 amide bonds. The number of para-hydroxylation sites is 1. The van der Waals surface area contributed by atoms with Crippen LogP contribution in [0.3, 0.4) is 0 Å². The molecule has 6 nitrogen and oxygen atoms in total. The van der Waals surface area contributed by atoms with Crippen molar-refractivity contribution in [2.24, 2.45) is 5.92 Å². The van der Waals surface area contributed by atoms with Crippen LogP contribution in [0.25, 0.3) is 0 Å². The second-order valence-corrected chi connectivity index (χ2v) is 6.49. The number of carboxylic acids is 1. The Hall–Kier alpha value is -2.24. The molecule has 1 aliphatic carbocycles. The summed E-state index contributed by atoms with van der Waals surface area (Å²) in [7, 11) is 1.60. The maximum absolute atomic E-state index is 12.1. The number of hydrogen-bond donors (Lipinski definition) is 1. The number of likely N-dealkylation sites (tertiary alicyclic amines) is 1. The molecule has 0 aromatic heterocycles. The summed E-state index contributed by atoms with van der Waals surface area (Å²) < 4.78 is 11.6. The van der Waals surface area contributed by atoms with Gasteiger partial charge in [0.2, 0.25) is 5.91 Å². The van der Waals surface area contributed by atoms with Gasteiger partial charge in [-0.2, -0.15) is 0 Å². The van der Waals surface area contributed by atoms with Crippen molar-refractivity contribution in [3.63, 3.8) is 0 Å². The molecule has 0 bridgehead atoms. The predicted octanol–water partition coefficient (Wildman–Crippen LogP) is 2.45. The smallest absolute Gasteiger partial charge is 0.308 e. The van der Waals surface area contributed by atoms with E-state index in [9.17, 15) is 9.59 Å². The summed E-state index contributed by atoms with van der Waals surface area (Å²) in [4.78, 5) is 24.8. The first-order valence-corrected chi connectivity index (χ1v) is 8.41. The highest BCUT2D eigenvalue weighted by atomic mass is 16.5. The van der Waals surface area contributed by atoms with Crippen molar-refractivity contribution in [1.29, 1.82) is 0 Å². The lowest BCUT2D eigenvalue weighted by molar-refractivity contribution is -0.141. The van der Waals surface area contributed by atoms with Crippen LogP contribution in [0.1, 0.15) is 37.7 Å². The van der Waals surface area contributed by atoms with Crippen molar-refractivity contribution in [3.05, 3.63) is 23.8 Å². The lowest BCUT2D eigenvalue weighted by Crippen LogP contribution is -2.26. The van der Waals surface area contributed by atoms with Crippen molar-refractivity contribution in [2.75, 3.05) is 13.7 Å². The number of carbonyl (C=O) groups excluding carboxylic acids is 1. The molecule has 130 valence electrons. The van der Waals surface area contributed by atoms with Gasteiger partial charge in [-0.3, -0.25) is 9.59 Å². The quantitative estimate of drug-likeness (QED) is 0.865. The number of nitrogens with zero attached hydrogens (tertiary/aromatic N) is 1. The number of aliphatic carboxylic acids is 1. The fraction of sp³-hybridized carbons (Fsp3) is 0.556. The van der Waals surface area contributed by atoms with Crippen LogP contribution in [-0.4, -0.2) is 41.6 Å². The summed E-state index contributed by atoms with van der Waals surface area (Å²) in [5.74, 6) is -0.336. The molecule has 1 atom stereocenters. The molecule has 1 saturated heterocycles. The molecule has 24 heavy (non-hydrogen) atoms. The third-order valence-corrected chi connectivity index (χ3v) is 4.79. The third kappa shape index (κ3) is 3.47. The molecule has 3 rings (SSSR count). The number of methoxy groups -OCH3 is 1. The zero-order chi connectivity index (χ0) is 17.1. The Morgan fingerprint density at radius 1 is 1.33 bits per heavy atom. The van der Waals surface area contributed by atoms with E-state index in [0.29, 0.717) is 18.0 Å². The van der Waals surface area contributed by atoms with E-state index in [1.165, 1.54) is 12.8 Å². The zero-order valence-corrected chi connectivity index (χ0v) is 13.9. The minimum atomic E-state index is -0.918. The second kappa shape index (κ2) is 7.11. The van der Waals surface area contributed by atoms with E-state index in [4.69, 9.17) is 14.6 Å². The third-order valence-electron chi connectivity index (χ3n) is 4.79. The van der Waals surface area contributed by atoms with Crippen molar-refractivity contribution in [3.8, 4) is 11.5 Å². The van der Waals surface area contributed by atoms with Crippen LogP contribution >= 0.6 is 0 Å². The van der Waals surface area contributed by atoms with Crippen LogP contribution in [-0.2, 0) is 16.1 Å². The molecular formula is C18H23NO5. The zero-order valence-electron chi connectivity index (χ0n) is 13.9. The highest BCUT2D eigenvalue weighted by Gasteiger charge is 2.34. The topological polar surface area (TPSA) is 76.1 Å². The van der Waals surface area contributed by atoms with Crippen LogP contribution in [0.2, 0.25) is 0 Å². The van der Waals surface area contributed by atoms with E-state index in [1.807, 2.05) is 18.2 Å². The van der Waals surface area contributed by atoms with E-state index in [-0.39, 0.29) is 25.0 Å². The molecule has 1 unspecified atom stereocenters. The molecule has 1 heterocycles. The van der Waals surface area contributed by atoms with Crippen LogP contribution in [0.15, 0.2) is 18.2 Å². The van der Waals surface area contributed by atoms with Gasteiger partial charge in [0.15, 0.2) is 11.5 Å². The summed E-state index contributed by atoms with van der Waals surface area (Å²) in [6, 6.07) is 5.62. The Balaban J connectivity index is 1.79. The van der Waals surface area contributed by atoms with Gasteiger partial charge < -0.3 is 19.5 Å². The minimum absolute atomic E-state index is 0.0676. The molecule has 1 aromatic rings. The number of rotatable bonds is 6. The summed E-state index contributed by atoms with van der Waals surface area (Å²) in [5, 5.41) is 9.12. The lowest BCUT2D eigenvalue weighted by Gasteiger charge is -2.22. The van der Waals surface area contributed by atoms with Gasteiger partial charge in [-0.05, 0) is 31.7 Å². The van der Waals surface area contributed by atoms with Gasteiger partial charge in [-0.25, -0.2) is 0 Å². The van der Waals surface area contributed by atoms with E-state index < -0.39 is 11.9 Å². The van der Waals surface area contributed by atoms with Crippen LogP contribution in [0, 0.1) is 5.92 Å². The number of ether oxygens (including phenoxy) is 2. The molecule has 0 spiro atoms. The van der Waals surface area contributed by atoms with E-state index >= 15 is 0 Å². The largest absolute Gasteiger partial charge is 0.493 e. The predicted molar refractivity (Wildman–Crippen MR) is 87.0 cm³/mol. The Kier molecular flexibility index (Phi) is 4.92. The van der Waals surface area contributed by atoms with Gasteiger partial charge in [0.1, 0.15) is 0 Å². The van der Waals surface area contributed by atoms with Crippen LogP contribution in [0.4, 0.5) is 0 Å². The highest BCUT2D eigenvalue weighted by Crippen LogP contribution is 2.36. The summed E-state index contributed by atoms with van der Waals surface area (Å²) in [5.41, 5.74) is 0.862. The lowest BCUT2D eigenvalue weighted by atomic mass is 10.1. The Bertz CT molecular complexity index is 624. The Morgan fingerprint density at radius 2 is 2.08 bits per heavy atom. The van der Waals surface area contributed by atoms with Gasteiger partial charge in [-0.15, -0.1) is 0 Å². The molecule has 1 N–H and O–H groups in total. The first-order valence-electron chi connectivity index (χ1n) is 8.41. The minimum Gasteiger partial charge on any atom is -0.493 e. The number of amides is 1. The van der Waals surface area contributed by atoms with E-state index in [1.54, 1.807) is 12.0 Å². The SMILES string of the molecule is COc1cccc(CN2CC(C(=O)O)CC2=O)c1OC1CCCC1. The Labute approximate surface area is 141 Å². The number of carboxylic acid groups (broad SMARTS) is 1. The van der Waals surface area contributed by atoms with E-state index in [0.717, 1.165) is 18.4 Å². The van der Waals surface area contributed by atoms with Gasteiger partial charge in [0.05, 0.1) is 19.1 Å². The first-order chi connectivity index (χ1) is 11.6. The van der Waals surface area contributed by atoms with Crippen molar-refractivity contribution < 1.29 is 24.2 Å². The van der Waals surface area contributed by atoms with Crippen molar-refractivity contribution in [1.82, 2.24) is 4.90 Å². The van der Waals surface area contributed by atoms with Gasteiger partial charge in [0.25, 0.3) is 0 Å². The van der Waals surface area contributed by atoms with Crippen molar-refractivity contribution >= 4 is 11.9 Å². The molecular weight excluding hydrogens is 310 g/mol. The van der Waals surface area contributed by atoms with Crippen molar-refractivity contribution in [2.45, 2.75) is 44.8 Å². The van der Waals surface area contributed by atoms with Gasteiger partial charge >= 0.3 is 5.97 Å². The normalized spacial score (nSPS) is 21.3. The fourth-order valence-corrected chi connectivity index (χ4v) is 3.45. The summed E-state index contributed by atoms with van der Waals surface area (Å²) in [6.07, 6.45) is 4.64. The molecule has 1 saturated carbocycles. The molecule has 1 aromatic carbocycles.